The highest BCUT2D eigenvalue weighted by Crippen LogP contribution is 1.83. The smallest absolute Gasteiger partial charge is 0.264 e. The Kier molecular flexibility index (Phi) is 11.4. The number of hydrazine groups is 2. The number of hydrogen-bond donors (Lipinski definition) is 6. The molecule has 0 spiro atoms. The number of nitrogens with one attached hydrogen (secondary N) is 4. The van der Waals surface area contributed by atoms with E-state index in [9.17, 15) is 19.2 Å². The van der Waals surface area contributed by atoms with Crippen LogP contribution in [0.4, 0.5) is 0 Å². The Labute approximate surface area is 132 Å². The first-order chi connectivity index (χ1) is 9.99. The minimum Gasteiger partial charge on any atom is -0.362 e. The average molecular weight is 338 g/mol. The molecule has 0 bridgehead atoms. The van der Waals surface area contributed by atoms with Crippen LogP contribution in [0.25, 0.3) is 0 Å². The van der Waals surface area contributed by atoms with E-state index in [1.54, 1.807) is 0 Å². The van der Waals surface area contributed by atoms with Crippen LogP contribution in [0, 0.1) is 0 Å². The lowest BCUT2D eigenvalue weighted by Crippen LogP contribution is -2.45. The highest BCUT2D eigenvalue weighted by molar-refractivity contribution is 7.80. The molecule has 0 heterocycles. The number of amides is 4. The van der Waals surface area contributed by atoms with Gasteiger partial charge in [0.25, 0.3) is 11.8 Å². The molecule has 0 aromatic rings. The number of hydrogen-bond acceptors (Lipinski definition) is 7. The van der Waals surface area contributed by atoms with Gasteiger partial charge >= 0.3 is 0 Å². The Morgan fingerprint density at radius 1 is 0.667 bits per heavy atom. The fourth-order valence-corrected chi connectivity index (χ4v) is 1.32. The predicted molar refractivity (Wildman–Crippen MR) is 80.3 cm³/mol. The molecule has 0 aliphatic heterocycles. The highest BCUT2D eigenvalue weighted by Gasteiger charge is 2.07. The molecule has 4 amide bonds. The van der Waals surface area contributed by atoms with Crippen molar-refractivity contribution in [3.8, 4) is 0 Å². The molecule has 0 saturated heterocycles. The minimum atomic E-state index is -0.616. The van der Waals surface area contributed by atoms with Crippen molar-refractivity contribution < 1.29 is 23.9 Å². The first-order valence-electron chi connectivity index (χ1n) is 5.94. The number of thiol groups is 2. The largest absolute Gasteiger partial charge is 0.362 e. The highest BCUT2D eigenvalue weighted by atomic mass is 32.1. The molecular formula is C10H18N4O5S2. The van der Waals surface area contributed by atoms with E-state index < -0.39 is 25.0 Å². The average Bonchev–Trinajstić information content (AvgIpc) is 2.43. The van der Waals surface area contributed by atoms with Crippen LogP contribution in [0.5, 0.6) is 0 Å². The first kappa shape index (κ1) is 19.5. The summed E-state index contributed by atoms with van der Waals surface area (Å²) in [4.78, 5) is 44.4. The van der Waals surface area contributed by atoms with Gasteiger partial charge in [0.05, 0.1) is 0 Å². The predicted octanol–water partition coefficient (Wildman–Crippen LogP) is -2.06. The molecule has 0 unspecified atom stereocenters. The lowest BCUT2D eigenvalue weighted by molar-refractivity contribution is -0.136. The molecule has 120 valence electrons. The van der Waals surface area contributed by atoms with E-state index in [1.807, 2.05) is 0 Å². The van der Waals surface area contributed by atoms with Crippen molar-refractivity contribution in [2.24, 2.45) is 0 Å². The van der Waals surface area contributed by atoms with Gasteiger partial charge in [-0.3, -0.25) is 40.9 Å². The van der Waals surface area contributed by atoms with Gasteiger partial charge in [0.2, 0.25) is 11.8 Å². The molecule has 0 atom stereocenters. The van der Waals surface area contributed by atoms with Crippen LogP contribution in [0.2, 0.25) is 0 Å². The van der Waals surface area contributed by atoms with Crippen molar-refractivity contribution in [2.45, 2.75) is 12.8 Å². The summed E-state index contributed by atoms with van der Waals surface area (Å²) in [6, 6.07) is 0. The van der Waals surface area contributed by atoms with Crippen molar-refractivity contribution in [3.05, 3.63) is 0 Å². The molecule has 0 saturated carbocycles. The Balaban J connectivity index is 3.64. The van der Waals surface area contributed by atoms with E-state index in [4.69, 9.17) is 4.74 Å². The van der Waals surface area contributed by atoms with Gasteiger partial charge < -0.3 is 4.74 Å². The van der Waals surface area contributed by atoms with Crippen LogP contribution in [0.1, 0.15) is 12.8 Å². The quantitative estimate of drug-likeness (QED) is 0.224. The third kappa shape index (κ3) is 12.0. The third-order valence-corrected chi connectivity index (χ3v) is 2.27. The Bertz CT molecular complexity index is 346. The van der Waals surface area contributed by atoms with Crippen molar-refractivity contribution in [3.63, 3.8) is 0 Å². The second-order valence-corrected chi connectivity index (χ2v) is 4.53. The summed E-state index contributed by atoms with van der Waals surface area (Å²) in [5.74, 6) is -1.29. The van der Waals surface area contributed by atoms with Gasteiger partial charge in [0, 0.05) is 12.8 Å². The maximum absolute atomic E-state index is 11.2. The van der Waals surface area contributed by atoms with Crippen molar-refractivity contribution >= 4 is 48.9 Å². The zero-order chi connectivity index (χ0) is 16.1. The zero-order valence-corrected chi connectivity index (χ0v) is 13.0. The van der Waals surface area contributed by atoms with Gasteiger partial charge in [-0.1, -0.05) is 0 Å². The molecule has 21 heavy (non-hydrogen) atoms. The van der Waals surface area contributed by atoms with E-state index in [0.717, 1.165) is 0 Å². The van der Waals surface area contributed by atoms with Gasteiger partial charge in [-0.2, -0.15) is 25.3 Å². The molecule has 0 fully saturated rings. The summed E-state index contributed by atoms with van der Waals surface area (Å²) >= 11 is 7.71. The Hall–Kier alpha value is -1.46. The van der Waals surface area contributed by atoms with E-state index in [1.165, 1.54) is 0 Å². The zero-order valence-electron chi connectivity index (χ0n) is 11.2. The van der Waals surface area contributed by atoms with E-state index in [0.29, 0.717) is 11.5 Å². The van der Waals surface area contributed by atoms with Crippen LogP contribution in [0.15, 0.2) is 0 Å². The van der Waals surface area contributed by atoms with Crippen molar-refractivity contribution in [2.75, 3.05) is 24.7 Å². The first-order valence-corrected chi connectivity index (χ1v) is 7.21. The van der Waals surface area contributed by atoms with Crippen molar-refractivity contribution in [1.29, 1.82) is 0 Å². The molecule has 0 rings (SSSR count). The summed E-state index contributed by atoms with van der Waals surface area (Å²) < 4.78 is 4.78. The van der Waals surface area contributed by atoms with Gasteiger partial charge in [-0.15, -0.1) is 0 Å². The molecule has 0 aliphatic rings. The molecule has 11 heteroatoms. The normalized spacial score (nSPS) is 9.62. The van der Waals surface area contributed by atoms with Crippen LogP contribution in [-0.4, -0.2) is 48.3 Å². The number of carbonyl (C=O) groups is 4. The number of carbonyl (C=O) groups excluding carboxylic acids is 4. The molecule has 0 aromatic heterocycles. The Morgan fingerprint density at radius 3 is 1.33 bits per heavy atom. The monoisotopic (exact) mass is 338 g/mol. The van der Waals surface area contributed by atoms with Crippen LogP contribution >= 0.6 is 25.3 Å². The van der Waals surface area contributed by atoms with Crippen LogP contribution in [-0.2, 0) is 23.9 Å². The molecule has 9 nitrogen and oxygen atoms in total. The summed E-state index contributed by atoms with van der Waals surface area (Å²) in [5.41, 5.74) is 8.49. The van der Waals surface area contributed by atoms with E-state index in [2.05, 4.69) is 47.0 Å². The van der Waals surface area contributed by atoms with E-state index in [-0.39, 0.29) is 24.7 Å². The minimum absolute atomic E-state index is 0.165. The molecule has 0 radical (unpaired) electrons. The van der Waals surface area contributed by atoms with Crippen molar-refractivity contribution in [1.82, 2.24) is 21.7 Å². The van der Waals surface area contributed by atoms with Crippen LogP contribution < -0.4 is 21.7 Å². The molecular weight excluding hydrogens is 320 g/mol. The van der Waals surface area contributed by atoms with E-state index >= 15 is 0 Å². The number of rotatable bonds is 8. The Morgan fingerprint density at radius 2 is 1.00 bits per heavy atom. The fourth-order valence-electron chi connectivity index (χ4n) is 0.916. The van der Waals surface area contributed by atoms with Crippen LogP contribution in [0.3, 0.4) is 0 Å². The molecule has 0 aliphatic carbocycles. The van der Waals surface area contributed by atoms with Gasteiger partial charge in [0.1, 0.15) is 13.2 Å². The number of ether oxygens (including phenoxy) is 1. The topological polar surface area (TPSA) is 126 Å². The summed E-state index contributed by atoms with van der Waals surface area (Å²) in [5, 5.41) is 0. The molecule has 4 N–H and O–H groups in total. The van der Waals surface area contributed by atoms with Gasteiger partial charge in [-0.05, 0) is 11.5 Å². The molecule has 0 aromatic carbocycles. The maximum atomic E-state index is 11.2. The summed E-state index contributed by atoms with van der Waals surface area (Å²) in [7, 11) is 0. The SMILES string of the molecule is O=C(CCS)NNC(=O)COCC(=O)NNC(=O)CCS. The lowest BCUT2D eigenvalue weighted by Gasteiger charge is -2.08. The maximum Gasteiger partial charge on any atom is 0.264 e. The summed E-state index contributed by atoms with van der Waals surface area (Å²) in [6.07, 6.45) is 0.331. The second-order valence-electron chi connectivity index (χ2n) is 3.63. The second kappa shape index (κ2) is 12.3. The van der Waals surface area contributed by atoms with Gasteiger partial charge in [-0.25, -0.2) is 0 Å². The summed E-state index contributed by atoms with van der Waals surface area (Å²) in [6.45, 7) is -0.835. The lowest BCUT2D eigenvalue weighted by atomic mass is 10.5. The fraction of sp³-hybridized carbons (Fsp3) is 0.600. The van der Waals surface area contributed by atoms with Gasteiger partial charge in [0.15, 0.2) is 0 Å². The standard InChI is InChI=1S/C10H18N4O5S2/c15-7(1-3-20)11-13-9(17)5-19-6-10(18)14-12-8(16)2-4-21/h20-21H,1-6H2,(H,11,15)(H,12,16)(H,13,17)(H,14,18). The third-order valence-electron chi connectivity index (χ3n) is 1.83.